The van der Waals surface area contributed by atoms with Gasteiger partial charge in [-0.1, -0.05) is 78.1 Å². The van der Waals surface area contributed by atoms with E-state index in [4.69, 9.17) is 4.99 Å². The highest BCUT2D eigenvalue weighted by atomic mass is 32.1. The number of thiazole rings is 1. The van der Waals surface area contributed by atoms with Gasteiger partial charge in [-0.25, -0.2) is 4.99 Å². The molecule has 0 unspecified atom stereocenters. The van der Waals surface area contributed by atoms with Gasteiger partial charge in [0.15, 0.2) is 4.80 Å². The fourth-order valence-electron chi connectivity index (χ4n) is 5.15. The van der Waals surface area contributed by atoms with E-state index in [0.29, 0.717) is 38.4 Å². The van der Waals surface area contributed by atoms with Gasteiger partial charge in [-0.15, -0.1) is 0 Å². The Labute approximate surface area is 222 Å². The summed E-state index contributed by atoms with van der Waals surface area (Å²) in [6, 6.07) is 25.5. The van der Waals surface area contributed by atoms with Crippen LogP contribution in [0.15, 0.2) is 106 Å². The number of hydrogen-bond acceptors (Lipinski definition) is 5. The summed E-state index contributed by atoms with van der Waals surface area (Å²) in [7, 11) is 0. The van der Waals surface area contributed by atoms with Crippen LogP contribution in [0.2, 0.25) is 0 Å². The molecule has 2 aliphatic heterocycles. The van der Waals surface area contributed by atoms with Gasteiger partial charge < -0.3 is 10.2 Å². The van der Waals surface area contributed by atoms with Gasteiger partial charge in [0, 0.05) is 17.8 Å². The number of allylic oxidation sites excluding steroid dienone is 1. The van der Waals surface area contributed by atoms with Crippen molar-refractivity contribution in [3.63, 3.8) is 0 Å². The van der Waals surface area contributed by atoms with E-state index in [1.165, 1.54) is 11.3 Å². The summed E-state index contributed by atoms with van der Waals surface area (Å²) in [6.07, 6.45) is 0. The largest absolute Gasteiger partial charge is 0.322 e. The fourth-order valence-corrected chi connectivity index (χ4v) is 6.28. The predicted octanol–water partition coefficient (Wildman–Crippen LogP) is 3.61. The second-order valence-electron chi connectivity index (χ2n) is 9.07. The summed E-state index contributed by atoms with van der Waals surface area (Å²) in [5.41, 5.74) is 3.92. The molecule has 2 aliphatic rings. The maximum absolute atomic E-state index is 14.1. The monoisotopic (exact) mass is 520 g/mol. The summed E-state index contributed by atoms with van der Waals surface area (Å²) in [4.78, 5) is 48.1. The second-order valence-corrected chi connectivity index (χ2v) is 10.1. The molecule has 0 bridgehead atoms. The minimum atomic E-state index is -0.695. The number of rotatable bonds is 4. The average Bonchev–Trinajstić information content (AvgIpc) is 3.40. The van der Waals surface area contributed by atoms with E-state index in [0.717, 1.165) is 16.8 Å². The zero-order valence-corrected chi connectivity index (χ0v) is 21.7. The first-order chi connectivity index (χ1) is 18.5. The molecule has 6 rings (SSSR count). The number of hydrogen-bond donors (Lipinski definition) is 1. The topological polar surface area (TPSA) is 83.8 Å². The lowest BCUT2D eigenvalue weighted by Crippen LogP contribution is -2.41. The lowest BCUT2D eigenvalue weighted by molar-refractivity contribution is -0.114. The van der Waals surface area contributed by atoms with Gasteiger partial charge in [-0.3, -0.25) is 19.0 Å². The zero-order chi connectivity index (χ0) is 26.4. The molecule has 1 N–H and O–H groups in total. The van der Waals surface area contributed by atoms with Crippen molar-refractivity contribution in [1.82, 2.24) is 4.57 Å². The van der Waals surface area contributed by atoms with E-state index >= 15 is 0 Å². The van der Waals surface area contributed by atoms with E-state index < -0.39 is 6.04 Å². The molecule has 0 saturated carbocycles. The molecule has 2 amide bonds. The molecule has 1 aromatic heterocycles. The third-order valence-electron chi connectivity index (χ3n) is 6.86. The predicted molar refractivity (Wildman–Crippen MR) is 149 cm³/mol. The number of nitrogens with zero attached hydrogens (tertiary/aromatic N) is 3. The minimum Gasteiger partial charge on any atom is -0.322 e. The van der Waals surface area contributed by atoms with E-state index in [1.807, 2.05) is 91.9 Å². The molecule has 1 atom stereocenters. The van der Waals surface area contributed by atoms with Gasteiger partial charge in [0.25, 0.3) is 17.4 Å². The number of nitrogens with one attached hydrogen (secondary N) is 1. The van der Waals surface area contributed by atoms with E-state index in [-0.39, 0.29) is 17.4 Å². The normalized spacial score (nSPS) is 17.7. The van der Waals surface area contributed by atoms with Crippen LogP contribution in [0.3, 0.4) is 0 Å². The molecule has 0 radical (unpaired) electrons. The van der Waals surface area contributed by atoms with E-state index in [2.05, 4.69) is 5.32 Å². The molecule has 0 fully saturated rings. The standard InChI is InChI=1S/C30H24N4O3S/c1-3-33-22-17-11-10-16-21(22)24(28(33)36)26-29(37)34-25(19-12-6-4-7-13-19)23(18(2)31-30(34)38-26)27(35)32-20-14-8-5-9-15-20/h4-17,25H,3H2,1-2H3,(H,32,35)/b26-24+/t25-/m1/s1. The third-order valence-corrected chi connectivity index (χ3v) is 7.91. The maximum Gasteiger partial charge on any atom is 0.271 e. The summed E-state index contributed by atoms with van der Waals surface area (Å²) >= 11 is 1.19. The number of aromatic nitrogens is 1. The van der Waals surface area contributed by atoms with E-state index in [1.54, 1.807) is 16.4 Å². The third kappa shape index (κ3) is 3.72. The Balaban J connectivity index is 1.58. The van der Waals surface area contributed by atoms with Crippen LogP contribution >= 0.6 is 11.3 Å². The van der Waals surface area contributed by atoms with Crippen molar-refractivity contribution in [3.8, 4) is 0 Å². The number of amides is 2. The summed E-state index contributed by atoms with van der Waals surface area (Å²) < 4.78 is 1.88. The van der Waals surface area contributed by atoms with Crippen LogP contribution in [0.1, 0.15) is 31.0 Å². The fraction of sp³-hybridized carbons (Fsp3) is 0.133. The highest BCUT2D eigenvalue weighted by Gasteiger charge is 2.36. The molecule has 4 aromatic rings. The van der Waals surface area contributed by atoms with Gasteiger partial charge in [0.05, 0.1) is 28.6 Å². The average molecular weight is 521 g/mol. The van der Waals surface area contributed by atoms with Crippen molar-refractivity contribution in [3.05, 3.63) is 127 Å². The summed E-state index contributed by atoms with van der Waals surface area (Å²) in [5.74, 6) is -0.531. The number of anilines is 2. The molecule has 7 nitrogen and oxygen atoms in total. The number of fused-ring (bicyclic) bond motifs is 2. The first kappa shape index (κ1) is 23.8. The number of likely N-dealkylation sites (N-methyl/N-ethyl adjacent to an activating group) is 1. The highest BCUT2D eigenvalue weighted by Crippen LogP contribution is 2.35. The van der Waals surface area contributed by atoms with Crippen molar-refractivity contribution in [2.45, 2.75) is 19.9 Å². The zero-order valence-electron chi connectivity index (χ0n) is 20.8. The Morgan fingerprint density at radius 3 is 2.32 bits per heavy atom. The molecule has 0 saturated heterocycles. The van der Waals surface area contributed by atoms with Crippen molar-refractivity contribution < 1.29 is 9.59 Å². The molecule has 3 aromatic carbocycles. The lowest BCUT2D eigenvalue weighted by atomic mass is 9.95. The van der Waals surface area contributed by atoms with Gasteiger partial charge in [-0.2, -0.15) is 0 Å². The first-order valence-corrected chi connectivity index (χ1v) is 13.2. The van der Waals surface area contributed by atoms with Crippen LogP contribution in [0.5, 0.6) is 0 Å². The quantitative estimate of drug-likeness (QED) is 0.446. The van der Waals surface area contributed by atoms with Crippen LogP contribution in [0.25, 0.3) is 5.57 Å². The van der Waals surface area contributed by atoms with Crippen LogP contribution in [0.4, 0.5) is 11.4 Å². The van der Waals surface area contributed by atoms with Gasteiger partial charge >= 0.3 is 0 Å². The van der Waals surface area contributed by atoms with E-state index in [9.17, 15) is 14.4 Å². The number of carbonyl (C=O) groups is 2. The maximum atomic E-state index is 14.1. The van der Waals surface area contributed by atoms with Crippen LogP contribution < -0.4 is 25.1 Å². The smallest absolute Gasteiger partial charge is 0.271 e. The van der Waals surface area contributed by atoms with Gasteiger partial charge in [0.2, 0.25) is 0 Å². The van der Waals surface area contributed by atoms with Crippen molar-refractivity contribution in [1.29, 1.82) is 0 Å². The molecular formula is C30H24N4O3S. The molecule has 0 aliphatic carbocycles. The molecule has 38 heavy (non-hydrogen) atoms. The SMILES string of the molecule is CCN1C(=O)/C(=c2/sc3n(c2=O)[C@H](c2ccccc2)C(C(=O)Nc2ccccc2)=C(C)N=3)c2ccccc21. The summed E-state index contributed by atoms with van der Waals surface area (Å²) in [6.45, 7) is 4.19. The Morgan fingerprint density at radius 2 is 1.61 bits per heavy atom. The lowest BCUT2D eigenvalue weighted by Gasteiger charge is -2.25. The Hall–Kier alpha value is -4.56. The van der Waals surface area contributed by atoms with Crippen LogP contribution in [-0.4, -0.2) is 22.9 Å². The molecule has 8 heteroatoms. The van der Waals surface area contributed by atoms with Crippen molar-refractivity contribution >= 4 is 40.1 Å². The Bertz CT molecular complexity index is 1800. The summed E-state index contributed by atoms with van der Waals surface area (Å²) in [5, 5.41) is 2.95. The van der Waals surface area contributed by atoms with Crippen LogP contribution in [0, 0.1) is 0 Å². The number of para-hydroxylation sites is 2. The van der Waals surface area contributed by atoms with Crippen LogP contribution in [-0.2, 0) is 9.59 Å². The molecule has 0 spiro atoms. The van der Waals surface area contributed by atoms with Crippen molar-refractivity contribution in [2.75, 3.05) is 16.8 Å². The number of benzene rings is 3. The van der Waals surface area contributed by atoms with Gasteiger partial charge in [0.1, 0.15) is 4.53 Å². The van der Waals surface area contributed by atoms with Gasteiger partial charge in [-0.05, 0) is 37.6 Å². The molecule has 3 heterocycles. The highest BCUT2D eigenvalue weighted by molar-refractivity contribution is 7.07. The van der Waals surface area contributed by atoms with Crippen molar-refractivity contribution in [2.24, 2.45) is 4.99 Å². The first-order valence-electron chi connectivity index (χ1n) is 12.4. The second kappa shape index (κ2) is 9.39. The number of carbonyl (C=O) groups excluding carboxylic acids is 2. The molecular weight excluding hydrogens is 496 g/mol. The Kier molecular flexibility index (Phi) is 5.88. The molecule has 188 valence electrons. The Morgan fingerprint density at radius 1 is 0.947 bits per heavy atom. The minimum absolute atomic E-state index is 0.201.